The van der Waals surface area contributed by atoms with Gasteiger partial charge in [-0.25, -0.2) is 0 Å². The summed E-state index contributed by atoms with van der Waals surface area (Å²) in [4.78, 5) is 12.4. The third kappa shape index (κ3) is 4.31. The molecule has 2 heterocycles. The van der Waals surface area contributed by atoms with Crippen LogP contribution in [0.5, 0.6) is 0 Å². The van der Waals surface area contributed by atoms with Crippen LogP contribution in [0.4, 0.5) is 18.9 Å². The Morgan fingerprint density at radius 2 is 1.93 bits per heavy atom. The van der Waals surface area contributed by atoms with Crippen molar-refractivity contribution in [2.24, 2.45) is 0 Å². The highest BCUT2D eigenvalue weighted by atomic mass is 35.5. The molecule has 1 aromatic carbocycles. The predicted octanol–water partition coefficient (Wildman–Crippen LogP) is 5.17. The number of para-hydroxylation sites is 1. The van der Waals surface area contributed by atoms with Gasteiger partial charge in [0.2, 0.25) is 5.91 Å². The summed E-state index contributed by atoms with van der Waals surface area (Å²) in [6, 6.07) is 7.49. The fraction of sp³-hybridized carbons (Fsp3) is 0.188. The molecule has 0 fully saturated rings. The van der Waals surface area contributed by atoms with Gasteiger partial charge in [0.1, 0.15) is 0 Å². The second-order valence-electron chi connectivity index (χ2n) is 5.48. The molecule has 27 heavy (non-hydrogen) atoms. The van der Waals surface area contributed by atoms with E-state index in [0.29, 0.717) is 10.7 Å². The Hall–Kier alpha value is -1.97. The van der Waals surface area contributed by atoms with Gasteiger partial charge in [-0.2, -0.15) is 13.2 Å². The molecular formula is C16H11Cl2F3N4OS. The second-order valence-corrected chi connectivity index (χ2v) is 7.60. The van der Waals surface area contributed by atoms with E-state index in [2.05, 4.69) is 15.5 Å². The van der Waals surface area contributed by atoms with Crippen LogP contribution in [0.15, 0.2) is 41.7 Å². The van der Waals surface area contributed by atoms with Crippen LogP contribution in [0.3, 0.4) is 0 Å². The fourth-order valence-corrected chi connectivity index (χ4v) is 3.43. The van der Waals surface area contributed by atoms with E-state index in [-0.39, 0.29) is 21.7 Å². The molecule has 3 rings (SSSR count). The van der Waals surface area contributed by atoms with Crippen molar-refractivity contribution in [1.29, 1.82) is 0 Å². The Labute approximate surface area is 165 Å². The molecule has 1 amide bonds. The number of aromatic nitrogens is 3. The average Bonchev–Trinajstić information content (AvgIpc) is 2.99. The quantitative estimate of drug-likeness (QED) is 0.575. The minimum Gasteiger partial charge on any atom is -0.324 e. The van der Waals surface area contributed by atoms with Gasteiger partial charge in [0.25, 0.3) is 0 Å². The summed E-state index contributed by atoms with van der Waals surface area (Å²) in [6.45, 7) is 1.59. The number of carbonyl (C=O) groups is 1. The molecule has 0 saturated heterocycles. The number of alkyl halides is 3. The van der Waals surface area contributed by atoms with Crippen molar-refractivity contribution < 1.29 is 18.0 Å². The van der Waals surface area contributed by atoms with Crippen molar-refractivity contribution in [3.63, 3.8) is 0 Å². The van der Waals surface area contributed by atoms with E-state index in [1.54, 1.807) is 31.2 Å². The SMILES string of the molecule is CC(Sc1nnc2c(Cl)cc(C(F)(F)F)cn12)C(=O)Nc1ccccc1Cl. The molecule has 0 spiro atoms. The molecule has 3 aromatic rings. The molecular weight excluding hydrogens is 424 g/mol. The van der Waals surface area contributed by atoms with Crippen LogP contribution < -0.4 is 5.32 Å². The van der Waals surface area contributed by atoms with Gasteiger partial charge in [0.05, 0.1) is 26.5 Å². The maximum absolute atomic E-state index is 13.0. The Morgan fingerprint density at radius 1 is 1.22 bits per heavy atom. The van der Waals surface area contributed by atoms with Crippen LogP contribution >= 0.6 is 35.0 Å². The van der Waals surface area contributed by atoms with E-state index < -0.39 is 17.0 Å². The summed E-state index contributed by atoms with van der Waals surface area (Å²) in [5, 5.41) is 9.92. The van der Waals surface area contributed by atoms with E-state index >= 15 is 0 Å². The smallest absolute Gasteiger partial charge is 0.324 e. The number of halogens is 5. The Bertz CT molecular complexity index is 1010. The lowest BCUT2D eigenvalue weighted by molar-refractivity contribution is -0.137. The highest BCUT2D eigenvalue weighted by Gasteiger charge is 2.32. The molecule has 0 aliphatic rings. The van der Waals surface area contributed by atoms with Crippen molar-refractivity contribution in [2.75, 3.05) is 5.32 Å². The number of thioether (sulfide) groups is 1. The van der Waals surface area contributed by atoms with Gasteiger partial charge in [-0.3, -0.25) is 9.20 Å². The fourth-order valence-electron chi connectivity index (χ4n) is 2.18. The lowest BCUT2D eigenvalue weighted by Gasteiger charge is -2.12. The zero-order valence-corrected chi connectivity index (χ0v) is 15.9. The van der Waals surface area contributed by atoms with Gasteiger partial charge < -0.3 is 5.32 Å². The lowest BCUT2D eigenvalue weighted by Crippen LogP contribution is -2.22. The molecule has 142 valence electrons. The van der Waals surface area contributed by atoms with Crippen molar-refractivity contribution in [3.8, 4) is 0 Å². The highest BCUT2D eigenvalue weighted by Crippen LogP contribution is 2.34. The van der Waals surface area contributed by atoms with Crippen LogP contribution in [0, 0.1) is 0 Å². The summed E-state index contributed by atoms with van der Waals surface area (Å²) in [5.74, 6) is -0.386. The Balaban J connectivity index is 1.84. The molecule has 1 N–H and O–H groups in total. The van der Waals surface area contributed by atoms with E-state index in [9.17, 15) is 18.0 Å². The predicted molar refractivity (Wildman–Crippen MR) is 98.4 cm³/mol. The van der Waals surface area contributed by atoms with Gasteiger partial charge in [-0.05, 0) is 25.1 Å². The number of fused-ring (bicyclic) bond motifs is 1. The number of nitrogens with one attached hydrogen (secondary N) is 1. The number of hydrogen-bond acceptors (Lipinski definition) is 4. The monoisotopic (exact) mass is 434 g/mol. The molecule has 2 aromatic heterocycles. The number of hydrogen-bond donors (Lipinski definition) is 1. The molecule has 1 unspecified atom stereocenters. The maximum Gasteiger partial charge on any atom is 0.417 e. The largest absolute Gasteiger partial charge is 0.417 e. The second kappa shape index (κ2) is 7.57. The van der Waals surface area contributed by atoms with E-state index in [4.69, 9.17) is 23.2 Å². The minimum absolute atomic E-state index is 0.0749. The van der Waals surface area contributed by atoms with E-state index in [0.717, 1.165) is 28.4 Å². The summed E-state index contributed by atoms with van der Waals surface area (Å²) in [7, 11) is 0. The summed E-state index contributed by atoms with van der Waals surface area (Å²) in [6.07, 6.45) is -3.72. The van der Waals surface area contributed by atoms with Crippen molar-refractivity contribution in [3.05, 3.63) is 52.1 Å². The molecule has 0 aliphatic carbocycles. The van der Waals surface area contributed by atoms with Gasteiger partial charge in [-0.1, -0.05) is 47.1 Å². The van der Waals surface area contributed by atoms with Crippen molar-refractivity contribution in [2.45, 2.75) is 23.5 Å². The molecule has 1 atom stereocenters. The summed E-state index contributed by atoms with van der Waals surface area (Å²) < 4.78 is 40.1. The van der Waals surface area contributed by atoms with Gasteiger partial charge in [0, 0.05) is 6.20 Å². The number of rotatable bonds is 4. The average molecular weight is 435 g/mol. The Kier molecular flexibility index (Phi) is 5.55. The van der Waals surface area contributed by atoms with Crippen LogP contribution in [-0.2, 0) is 11.0 Å². The zero-order chi connectivity index (χ0) is 19.8. The maximum atomic E-state index is 13.0. The number of nitrogens with zero attached hydrogens (tertiary/aromatic N) is 3. The summed E-state index contributed by atoms with van der Waals surface area (Å²) >= 11 is 12.8. The molecule has 11 heteroatoms. The van der Waals surface area contributed by atoms with E-state index in [1.165, 1.54) is 0 Å². The van der Waals surface area contributed by atoms with Crippen LogP contribution in [0.2, 0.25) is 10.0 Å². The number of amides is 1. The number of benzene rings is 1. The molecule has 0 bridgehead atoms. The zero-order valence-electron chi connectivity index (χ0n) is 13.6. The molecule has 0 radical (unpaired) electrons. The van der Waals surface area contributed by atoms with Crippen LogP contribution in [0.25, 0.3) is 5.65 Å². The highest BCUT2D eigenvalue weighted by molar-refractivity contribution is 8.00. The number of anilines is 1. The third-order valence-electron chi connectivity index (χ3n) is 3.54. The topological polar surface area (TPSA) is 59.3 Å². The van der Waals surface area contributed by atoms with Crippen LogP contribution in [-0.4, -0.2) is 25.8 Å². The first-order chi connectivity index (χ1) is 12.7. The third-order valence-corrected chi connectivity index (χ3v) is 5.20. The Morgan fingerprint density at radius 3 is 2.59 bits per heavy atom. The van der Waals surface area contributed by atoms with Gasteiger partial charge in [-0.15, -0.1) is 10.2 Å². The standard InChI is InChI=1S/C16H11Cl2F3N4OS/c1-8(14(26)22-12-5-3-2-4-10(12)17)27-15-24-23-13-11(18)6-9(7-25(13)15)16(19,20)21/h2-8H,1H3,(H,22,26). The molecule has 0 saturated carbocycles. The molecule has 5 nitrogen and oxygen atoms in total. The van der Waals surface area contributed by atoms with Gasteiger partial charge in [0.15, 0.2) is 10.8 Å². The molecule has 0 aliphatic heterocycles. The number of pyridine rings is 1. The first kappa shape index (κ1) is 19.8. The first-order valence-corrected chi connectivity index (χ1v) is 9.14. The minimum atomic E-state index is -4.57. The number of carbonyl (C=O) groups excluding carboxylic acids is 1. The normalized spacial score (nSPS) is 13.0. The van der Waals surface area contributed by atoms with Crippen LogP contribution in [0.1, 0.15) is 12.5 Å². The lowest BCUT2D eigenvalue weighted by atomic mass is 10.3. The van der Waals surface area contributed by atoms with Crippen molar-refractivity contribution in [1.82, 2.24) is 14.6 Å². The summed E-state index contributed by atoms with van der Waals surface area (Å²) in [5.41, 5.74) is -0.425. The van der Waals surface area contributed by atoms with Gasteiger partial charge >= 0.3 is 6.18 Å². The van der Waals surface area contributed by atoms with E-state index in [1.807, 2.05) is 0 Å². The van der Waals surface area contributed by atoms with Crippen molar-refractivity contribution >= 4 is 52.2 Å². The first-order valence-electron chi connectivity index (χ1n) is 7.50.